The topological polar surface area (TPSA) is 58.3 Å². The van der Waals surface area contributed by atoms with E-state index in [1.54, 1.807) is 11.7 Å². The number of hydrogen-bond donors (Lipinski definition) is 1. The van der Waals surface area contributed by atoms with E-state index in [0.29, 0.717) is 23.9 Å². The Morgan fingerprint density at radius 3 is 2.88 bits per heavy atom. The fourth-order valence-electron chi connectivity index (χ4n) is 3.05. The van der Waals surface area contributed by atoms with Gasteiger partial charge in [0.25, 0.3) is 0 Å². The molecule has 6 nitrogen and oxygen atoms in total. The van der Waals surface area contributed by atoms with Gasteiger partial charge in [-0.25, -0.2) is 4.98 Å². The molecule has 0 amide bonds. The maximum atomic E-state index is 12.6. The van der Waals surface area contributed by atoms with E-state index in [2.05, 4.69) is 25.3 Å². The van der Waals surface area contributed by atoms with E-state index in [1.807, 2.05) is 19.4 Å². The van der Waals surface area contributed by atoms with Crippen LogP contribution in [0.1, 0.15) is 28.6 Å². The van der Waals surface area contributed by atoms with Crippen molar-refractivity contribution in [1.82, 2.24) is 25.0 Å². The number of nitrogens with one attached hydrogen (secondary N) is 1. The van der Waals surface area contributed by atoms with Crippen molar-refractivity contribution in [2.75, 3.05) is 26.7 Å². The first kappa shape index (κ1) is 18.7. The lowest BCUT2D eigenvalue weighted by Gasteiger charge is -2.21. The first-order valence-electron chi connectivity index (χ1n) is 8.32. The predicted molar refractivity (Wildman–Crippen MR) is 94.3 cm³/mol. The molecule has 2 aromatic rings. The van der Waals surface area contributed by atoms with Crippen molar-refractivity contribution in [3.63, 3.8) is 0 Å². The van der Waals surface area contributed by atoms with Crippen molar-refractivity contribution in [1.29, 1.82) is 0 Å². The first-order valence-corrected chi connectivity index (χ1v) is 9.20. The van der Waals surface area contributed by atoms with Gasteiger partial charge < -0.3 is 10.2 Å². The minimum atomic E-state index is -4.38. The molecule has 3 rings (SSSR count). The molecule has 0 radical (unpaired) electrons. The molecule has 2 aromatic heterocycles. The smallest absolute Gasteiger partial charge is 0.356 e. The molecule has 1 saturated heterocycles. The van der Waals surface area contributed by atoms with E-state index in [-0.39, 0.29) is 0 Å². The second-order valence-corrected chi connectivity index (χ2v) is 7.17. The maximum absolute atomic E-state index is 12.6. The average molecular weight is 386 g/mol. The fraction of sp³-hybridized carbons (Fsp3) is 0.562. The molecule has 0 saturated carbocycles. The zero-order valence-electron chi connectivity index (χ0n) is 14.6. The largest absolute Gasteiger partial charge is 0.434 e. The van der Waals surface area contributed by atoms with Crippen LogP contribution in [0.4, 0.5) is 13.2 Å². The first-order chi connectivity index (χ1) is 12.4. The van der Waals surface area contributed by atoms with Crippen LogP contribution in [0.5, 0.6) is 0 Å². The Kier molecular flexibility index (Phi) is 5.49. The molecule has 1 unspecified atom stereocenters. The summed E-state index contributed by atoms with van der Waals surface area (Å²) in [6.45, 7) is 2.22. The molecule has 1 aliphatic rings. The standard InChI is InChI=1S/C16H21F3N6S/c1-20-15(21-5-3-14-23-13(10-26-14)16(17,18)19)25-6-4-11(9-25)12-7-22-24(2)8-12/h7-8,10-11H,3-6,9H2,1-2H3,(H,20,21). The van der Waals surface area contributed by atoms with Gasteiger partial charge in [0.15, 0.2) is 11.7 Å². The van der Waals surface area contributed by atoms with Gasteiger partial charge in [-0.05, 0) is 12.0 Å². The SMILES string of the molecule is CN=C(NCCc1nc(C(F)(F)F)cs1)N1CCC(c2cnn(C)c2)C1. The highest BCUT2D eigenvalue weighted by molar-refractivity contribution is 7.09. The molecule has 0 bridgehead atoms. The van der Waals surface area contributed by atoms with E-state index < -0.39 is 11.9 Å². The number of likely N-dealkylation sites (tertiary alicyclic amines) is 1. The summed E-state index contributed by atoms with van der Waals surface area (Å²) in [6.07, 6.45) is 0.999. The van der Waals surface area contributed by atoms with Crippen LogP contribution in [-0.4, -0.2) is 52.3 Å². The Hall–Kier alpha value is -2.10. The van der Waals surface area contributed by atoms with Crippen molar-refractivity contribution in [3.8, 4) is 0 Å². The van der Waals surface area contributed by atoms with Crippen LogP contribution < -0.4 is 5.32 Å². The fourth-order valence-corrected chi connectivity index (χ4v) is 3.85. The number of aliphatic imine (C=N–C) groups is 1. The molecular weight excluding hydrogens is 365 g/mol. The molecule has 1 aliphatic heterocycles. The minimum Gasteiger partial charge on any atom is -0.356 e. The Labute approximate surface area is 153 Å². The van der Waals surface area contributed by atoms with Gasteiger partial charge in [0.1, 0.15) is 0 Å². The lowest BCUT2D eigenvalue weighted by Crippen LogP contribution is -2.40. The number of thiazole rings is 1. The lowest BCUT2D eigenvalue weighted by molar-refractivity contribution is -0.140. The summed E-state index contributed by atoms with van der Waals surface area (Å²) in [5.74, 6) is 1.18. The van der Waals surface area contributed by atoms with Gasteiger partial charge in [-0.3, -0.25) is 9.67 Å². The summed E-state index contributed by atoms with van der Waals surface area (Å²) >= 11 is 1.03. The molecular formula is C16H21F3N6S. The molecule has 26 heavy (non-hydrogen) atoms. The molecule has 1 fully saturated rings. The van der Waals surface area contributed by atoms with Crippen LogP contribution in [0.2, 0.25) is 0 Å². The van der Waals surface area contributed by atoms with Gasteiger partial charge in [0, 0.05) is 57.6 Å². The Morgan fingerprint density at radius 1 is 1.46 bits per heavy atom. The minimum absolute atomic E-state index is 0.413. The summed E-state index contributed by atoms with van der Waals surface area (Å²) in [5, 5.41) is 8.97. The number of aryl methyl sites for hydroxylation is 1. The molecule has 10 heteroatoms. The van der Waals surface area contributed by atoms with Crippen molar-refractivity contribution in [3.05, 3.63) is 34.0 Å². The van der Waals surface area contributed by atoms with Crippen LogP contribution in [0.25, 0.3) is 0 Å². The van der Waals surface area contributed by atoms with E-state index in [0.717, 1.165) is 42.2 Å². The van der Waals surface area contributed by atoms with Gasteiger partial charge in [0.05, 0.1) is 11.2 Å². The van der Waals surface area contributed by atoms with Gasteiger partial charge in [-0.15, -0.1) is 11.3 Å². The quantitative estimate of drug-likeness (QED) is 0.648. The van der Waals surface area contributed by atoms with Crippen LogP contribution in [0.3, 0.4) is 0 Å². The summed E-state index contributed by atoms with van der Waals surface area (Å²) in [7, 11) is 3.62. The number of rotatable bonds is 4. The number of aromatic nitrogens is 3. The van der Waals surface area contributed by atoms with Gasteiger partial charge >= 0.3 is 6.18 Å². The number of halogens is 3. The molecule has 0 spiro atoms. The highest BCUT2D eigenvalue weighted by Gasteiger charge is 2.33. The predicted octanol–water partition coefficient (Wildman–Crippen LogP) is 2.50. The molecule has 3 heterocycles. The van der Waals surface area contributed by atoms with Crippen molar-refractivity contribution in [2.45, 2.75) is 24.9 Å². The Balaban J connectivity index is 1.50. The zero-order chi connectivity index (χ0) is 18.7. The highest BCUT2D eigenvalue weighted by Crippen LogP contribution is 2.30. The second kappa shape index (κ2) is 7.65. The van der Waals surface area contributed by atoms with Crippen LogP contribution in [-0.2, 0) is 19.6 Å². The zero-order valence-corrected chi connectivity index (χ0v) is 15.4. The molecule has 1 N–H and O–H groups in total. The molecule has 0 aromatic carbocycles. The van der Waals surface area contributed by atoms with Gasteiger partial charge in [0.2, 0.25) is 0 Å². The number of guanidine groups is 1. The summed E-state index contributed by atoms with van der Waals surface area (Å²) in [5.41, 5.74) is 0.397. The Bertz CT molecular complexity index is 766. The molecule has 0 aliphatic carbocycles. The molecule has 1 atom stereocenters. The third-order valence-electron chi connectivity index (χ3n) is 4.36. The van der Waals surface area contributed by atoms with Crippen molar-refractivity contribution in [2.24, 2.45) is 12.0 Å². The second-order valence-electron chi connectivity index (χ2n) is 6.23. The summed E-state index contributed by atoms with van der Waals surface area (Å²) in [4.78, 5) is 10.1. The third-order valence-corrected chi connectivity index (χ3v) is 5.27. The number of hydrogen-bond acceptors (Lipinski definition) is 4. The van der Waals surface area contributed by atoms with Crippen LogP contribution in [0.15, 0.2) is 22.8 Å². The number of nitrogens with zero attached hydrogens (tertiary/aromatic N) is 5. The average Bonchev–Trinajstić information content (AvgIpc) is 3.31. The van der Waals surface area contributed by atoms with Crippen molar-refractivity contribution >= 4 is 17.3 Å². The third kappa shape index (κ3) is 4.35. The van der Waals surface area contributed by atoms with Crippen molar-refractivity contribution < 1.29 is 13.2 Å². The van der Waals surface area contributed by atoms with Gasteiger partial charge in [-0.1, -0.05) is 0 Å². The molecule has 142 valence electrons. The van der Waals surface area contributed by atoms with E-state index in [1.165, 1.54) is 5.56 Å². The van der Waals surface area contributed by atoms with Crippen LogP contribution >= 0.6 is 11.3 Å². The highest BCUT2D eigenvalue weighted by atomic mass is 32.1. The normalized spacial score (nSPS) is 18.6. The van der Waals surface area contributed by atoms with Crippen LogP contribution in [0, 0.1) is 0 Å². The van der Waals surface area contributed by atoms with E-state index >= 15 is 0 Å². The lowest BCUT2D eigenvalue weighted by atomic mass is 10.0. The summed E-state index contributed by atoms with van der Waals surface area (Å²) < 4.78 is 39.6. The Morgan fingerprint density at radius 2 is 2.27 bits per heavy atom. The maximum Gasteiger partial charge on any atom is 0.434 e. The van der Waals surface area contributed by atoms with E-state index in [9.17, 15) is 13.2 Å². The van der Waals surface area contributed by atoms with Gasteiger partial charge in [-0.2, -0.15) is 18.3 Å². The summed E-state index contributed by atoms with van der Waals surface area (Å²) in [6, 6.07) is 0. The number of alkyl halides is 3. The van der Waals surface area contributed by atoms with E-state index in [4.69, 9.17) is 0 Å². The monoisotopic (exact) mass is 386 g/mol.